The number of fused-ring (bicyclic) bond motifs is 1. The van der Waals surface area contributed by atoms with Crippen molar-refractivity contribution in [3.63, 3.8) is 0 Å². The minimum absolute atomic E-state index is 0.0671. The molecule has 1 aliphatic rings. The molecule has 0 saturated heterocycles. The molecule has 0 amide bonds. The smallest absolute Gasteiger partial charge is 0.374 e. The first kappa shape index (κ1) is 13.9. The van der Waals surface area contributed by atoms with Crippen molar-refractivity contribution in [2.45, 2.75) is 32.1 Å². The fraction of sp³-hybridized carbons (Fsp3) is 0.333. The number of nitrogens with zero attached hydrogens (tertiary/aromatic N) is 1. The van der Waals surface area contributed by atoms with Gasteiger partial charge in [0.1, 0.15) is 11.4 Å². The molecule has 1 aliphatic carbocycles. The van der Waals surface area contributed by atoms with Crippen LogP contribution in [0.25, 0.3) is 11.3 Å². The molecule has 2 N–H and O–H groups in total. The van der Waals surface area contributed by atoms with Crippen molar-refractivity contribution < 1.29 is 19.5 Å². The van der Waals surface area contributed by atoms with E-state index >= 15 is 0 Å². The van der Waals surface area contributed by atoms with Crippen LogP contribution in [0.1, 0.15) is 40.9 Å². The summed E-state index contributed by atoms with van der Waals surface area (Å²) < 4.78 is 4.74. The van der Waals surface area contributed by atoms with Crippen LogP contribution < -0.4 is 0 Å². The van der Waals surface area contributed by atoms with Gasteiger partial charge >= 0.3 is 5.97 Å². The van der Waals surface area contributed by atoms with Gasteiger partial charge in [0.15, 0.2) is 0 Å². The molecular formula is C15H14ClNO4. The Hall–Kier alpha value is -2.01. The number of carboxylic acids is 1. The van der Waals surface area contributed by atoms with Crippen molar-refractivity contribution in [3.8, 4) is 17.0 Å². The topological polar surface area (TPSA) is 83.6 Å². The first-order valence-corrected chi connectivity index (χ1v) is 7.19. The molecule has 21 heavy (non-hydrogen) atoms. The van der Waals surface area contributed by atoms with Gasteiger partial charge < -0.3 is 14.7 Å². The molecule has 1 aromatic heterocycles. The highest BCUT2D eigenvalue weighted by Gasteiger charge is 2.21. The van der Waals surface area contributed by atoms with E-state index in [1.54, 1.807) is 0 Å². The molecular weight excluding hydrogens is 294 g/mol. The van der Waals surface area contributed by atoms with Crippen LogP contribution in [0.5, 0.6) is 5.75 Å². The van der Waals surface area contributed by atoms with Gasteiger partial charge in [0.25, 0.3) is 0 Å². The third kappa shape index (κ3) is 2.49. The summed E-state index contributed by atoms with van der Waals surface area (Å²) in [5, 5.41) is 23.2. The van der Waals surface area contributed by atoms with Crippen molar-refractivity contribution in [1.82, 2.24) is 5.16 Å². The zero-order valence-corrected chi connectivity index (χ0v) is 12.0. The molecule has 3 rings (SSSR count). The maximum Gasteiger partial charge on any atom is 0.374 e. The lowest BCUT2D eigenvalue weighted by Gasteiger charge is -2.12. The van der Waals surface area contributed by atoms with Crippen molar-refractivity contribution in [3.05, 3.63) is 34.0 Å². The van der Waals surface area contributed by atoms with Gasteiger partial charge in [-0.05, 0) is 42.9 Å². The van der Waals surface area contributed by atoms with E-state index in [1.807, 2.05) is 6.07 Å². The Balaban J connectivity index is 2.12. The van der Waals surface area contributed by atoms with Gasteiger partial charge in [-0.25, -0.2) is 4.79 Å². The average molecular weight is 308 g/mol. The quantitative estimate of drug-likeness (QED) is 0.827. The first-order chi connectivity index (χ1) is 10.1. The maximum atomic E-state index is 10.9. The van der Waals surface area contributed by atoms with Crippen LogP contribution >= 0.6 is 11.6 Å². The van der Waals surface area contributed by atoms with Crippen LogP contribution in [0.3, 0.4) is 0 Å². The molecule has 6 heteroatoms. The SMILES string of the molecule is O=C(O)c1cc(-c2cc3c(c(Cl)c2O)CCCCC3)no1. The number of aromatic hydroxyl groups is 1. The van der Waals surface area contributed by atoms with Crippen molar-refractivity contribution in [1.29, 1.82) is 0 Å². The molecule has 0 atom stereocenters. The molecule has 0 bridgehead atoms. The number of carboxylic acid groups (broad SMARTS) is 1. The highest BCUT2D eigenvalue weighted by atomic mass is 35.5. The van der Waals surface area contributed by atoms with Gasteiger partial charge in [-0.1, -0.05) is 23.2 Å². The molecule has 0 spiro atoms. The molecule has 0 radical (unpaired) electrons. The fourth-order valence-corrected chi connectivity index (χ4v) is 3.04. The molecule has 2 aromatic rings. The van der Waals surface area contributed by atoms with Gasteiger partial charge in [0, 0.05) is 11.6 Å². The Bertz CT molecular complexity index is 708. The Morgan fingerprint density at radius 3 is 2.71 bits per heavy atom. The number of halogens is 1. The number of hydrogen-bond donors (Lipinski definition) is 2. The third-order valence-corrected chi connectivity index (χ3v) is 4.21. The van der Waals surface area contributed by atoms with Crippen LogP contribution in [0, 0.1) is 0 Å². The molecule has 1 aromatic carbocycles. The van der Waals surface area contributed by atoms with Gasteiger partial charge in [-0.2, -0.15) is 0 Å². The summed E-state index contributed by atoms with van der Waals surface area (Å²) in [6.45, 7) is 0. The predicted molar refractivity (Wildman–Crippen MR) is 76.8 cm³/mol. The van der Waals surface area contributed by atoms with Gasteiger partial charge in [-0.3, -0.25) is 0 Å². The Kier molecular flexibility index (Phi) is 3.59. The highest BCUT2D eigenvalue weighted by molar-refractivity contribution is 6.33. The van der Waals surface area contributed by atoms with Crippen molar-refractivity contribution >= 4 is 17.6 Å². The Labute approximate surface area is 126 Å². The molecule has 0 saturated carbocycles. The van der Waals surface area contributed by atoms with E-state index in [1.165, 1.54) is 6.07 Å². The number of phenols is 1. The zero-order chi connectivity index (χ0) is 15.0. The molecule has 0 aliphatic heterocycles. The predicted octanol–water partition coefficient (Wildman–Crippen LogP) is 3.67. The summed E-state index contributed by atoms with van der Waals surface area (Å²) in [6.07, 6.45) is 5.01. The first-order valence-electron chi connectivity index (χ1n) is 6.81. The number of hydrogen-bond acceptors (Lipinski definition) is 4. The minimum Gasteiger partial charge on any atom is -0.506 e. The van der Waals surface area contributed by atoms with Crippen LogP contribution in [0.4, 0.5) is 0 Å². The number of aromatic nitrogens is 1. The van der Waals surface area contributed by atoms with Crippen LogP contribution in [-0.2, 0) is 12.8 Å². The zero-order valence-electron chi connectivity index (χ0n) is 11.2. The Morgan fingerprint density at radius 2 is 2.00 bits per heavy atom. The van der Waals surface area contributed by atoms with E-state index in [0.717, 1.165) is 43.2 Å². The van der Waals surface area contributed by atoms with Crippen LogP contribution in [0.2, 0.25) is 5.02 Å². The molecule has 0 unspecified atom stereocenters. The number of aromatic carboxylic acids is 1. The van der Waals surface area contributed by atoms with Crippen molar-refractivity contribution in [2.75, 3.05) is 0 Å². The lowest BCUT2D eigenvalue weighted by Crippen LogP contribution is -1.95. The lowest BCUT2D eigenvalue weighted by molar-refractivity contribution is 0.0652. The van der Waals surface area contributed by atoms with Crippen LogP contribution in [-0.4, -0.2) is 21.3 Å². The van der Waals surface area contributed by atoms with E-state index in [0.29, 0.717) is 10.6 Å². The summed E-state index contributed by atoms with van der Waals surface area (Å²) in [4.78, 5) is 10.9. The second-order valence-corrected chi connectivity index (χ2v) is 5.54. The molecule has 0 fully saturated rings. The Morgan fingerprint density at radius 1 is 1.24 bits per heavy atom. The van der Waals surface area contributed by atoms with Gasteiger partial charge in [-0.15, -0.1) is 0 Å². The number of benzene rings is 1. The lowest BCUT2D eigenvalue weighted by atomic mass is 9.97. The maximum absolute atomic E-state index is 10.9. The van der Waals surface area contributed by atoms with E-state index in [9.17, 15) is 9.90 Å². The number of rotatable bonds is 2. The van der Waals surface area contributed by atoms with Gasteiger partial charge in [0.2, 0.25) is 5.76 Å². The van der Waals surface area contributed by atoms with E-state index in [-0.39, 0.29) is 17.2 Å². The highest BCUT2D eigenvalue weighted by Crippen LogP contribution is 2.41. The normalized spacial score (nSPS) is 14.5. The molecule has 110 valence electrons. The molecule has 5 nitrogen and oxygen atoms in total. The van der Waals surface area contributed by atoms with Crippen molar-refractivity contribution in [2.24, 2.45) is 0 Å². The molecule has 1 heterocycles. The second-order valence-electron chi connectivity index (χ2n) is 5.17. The fourth-order valence-electron chi connectivity index (χ4n) is 2.72. The second kappa shape index (κ2) is 5.41. The van der Waals surface area contributed by atoms with E-state index < -0.39 is 5.97 Å². The van der Waals surface area contributed by atoms with E-state index in [2.05, 4.69) is 5.16 Å². The number of carbonyl (C=O) groups is 1. The van der Waals surface area contributed by atoms with Crippen LogP contribution in [0.15, 0.2) is 16.7 Å². The third-order valence-electron chi connectivity index (χ3n) is 3.80. The number of aryl methyl sites for hydroxylation is 1. The summed E-state index contributed by atoms with van der Waals surface area (Å²) in [7, 11) is 0. The van der Waals surface area contributed by atoms with Gasteiger partial charge in [0.05, 0.1) is 5.02 Å². The average Bonchev–Trinajstić information content (AvgIpc) is 2.83. The van der Waals surface area contributed by atoms with E-state index in [4.69, 9.17) is 21.2 Å². The summed E-state index contributed by atoms with van der Waals surface area (Å²) in [5.74, 6) is -1.54. The standard InChI is InChI=1S/C15H14ClNO4/c16-13-9-5-3-1-2-4-8(9)6-10(14(13)18)11-7-12(15(19)20)21-17-11/h6-7,18H,1-5H2,(H,19,20). The summed E-state index contributed by atoms with van der Waals surface area (Å²) in [5.41, 5.74) is 2.76. The minimum atomic E-state index is -1.20. The largest absolute Gasteiger partial charge is 0.506 e. The monoisotopic (exact) mass is 307 g/mol. The number of phenolic OH excluding ortho intramolecular Hbond substituents is 1. The summed E-state index contributed by atoms with van der Waals surface area (Å²) >= 11 is 6.28. The summed E-state index contributed by atoms with van der Waals surface area (Å²) in [6, 6.07) is 3.13.